The molecule has 0 spiro atoms. The molecule has 3 fully saturated rings. The van der Waals surface area contributed by atoms with Crippen LogP contribution in [-0.2, 0) is 9.53 Å². The molecule has 0 aliphatic heterocycles. The topological polar surface area (TPSA) is 66.8 Å². The molecule has 2 N–H and O–H groups in total. The van der Waals surface area contributed by atoms with Crippen LogP contribution in [0.15, 0.2) is 24.3 Å². The lowest BCUT2D eigenvalue weighted by Gasteiger charge is -2.64. The highest BCUT2D eigenvalue weighted by Crippen LogP contribution is 2.69. The van der Waals surface area contributed by atoms with E-state index >= 15 is 0 Å². The number of carbonyl (C=O) groups is 1. The largest absolute Gasteiger partial charge is 0.462 e. The third-order valence-corrected chi connectivity index (χ3v) is 11.1. The fourth-order valence-electron chi connectivity index (χ4n) is 8.64. The number of carbonyl (C=O) groups excluding carboxylic acids is 1. The van der Waals surface area contributed by atoms with Crippen molar-refractivity contribution in [3.63, 3.8) is 0 Å². The molecule has 4 heteroatoms. The van der Waals surface area contributed by atoms with E-state index in [0.29, 0.717) is 30.1 Å². The Hall–Kier alpha value is -1.13. The van der Waals surface area contributed by atoms with E-state index in [2.05, 4.69) is 53.7 Å². The van der Waals surface area contributed by atoms with Crippen LogP contribution in [0, 0.1) is 46.3 Å². The summed E-state index contributed by atoms with van der Waals surface area (Å²) in [5, 5.41) is 24.1. The van der Waals surface area contributed by atoms with Crippen LogP contribution in [0.4, 0.5) is 0 Å². The van der Waals surface area contributed by atoms with Crippen LogP contribution in [-0.4, -0.2) is 33.5 Å². The summed E-state index contributed by atoms with van der Waals surface area (Å²) < 4.78 is 5.49. The Kier molecular flexibility index (Phi) is 6.69. The summed E-state index contributed by atoms with van der Waals surface area (Å²) >= 11 is 0. The van der Waals surface area contributed by atoms with E-state index in [-0.39, 0.29) is 29.3 Å². The van der Waals surface area contributed by atoms with Gasteiger partial charge in [-0.2, -0.15) is 0 Å². The van der Waals surface area contributed by atoms with Crippen molar-refractivity contribution in [1.82, 2.24) is 0 Å². The van der Waals surface area contributed by atoms with Gasteiger partial charge in [0.05, 0.1) is 11.2 Å². The molecule has 0 bridgehead atoms. The monoisotopic (exact) mass is 472 g/mol. The molecule has 10 atom stereocenters. The molecule has 4 aliphatic carbocycles. The second-order valence-electron chi connectivity index (χ2n) is 13.2. The lowest BCUT2D eigenvalue weighted by molar-refractivity contribution is -0.223. The van der Waals surface area contributed by atoms with Gasteiger partial charge in [-0.05, 0) is 73.5 Å². The number of fused-ring (bicyclic) bond motifs is 5. The second kappa shape index (κ2) is 8.76. The van der Waals surface area contributed by atoms with Crippen molar-refractivity contribution in [2.75, 3.05) is 0 Å². The van der Waals surface area contributed by atoms with E-state index in [4.69, 9.17) is 4.74 Å². The van der Waals surface area contributed by atoms with Crippen LogP contribution in [0.25, 0.3) is 0 Å². The van der Waals surface area contributed by atoms with Crippen molar-refractivity contribution < 1.29 is 19.7 Å². The summed E-state index contributed by atoms with van der Waals surface area (Å²) in [6.07, 6.45) is 14.6. The molecule has 0 amide bonds. The van der Waals surface area contributed by atoms with Gasteiger partial charge in [0.25, 0.3) is 0 Å². The first kappa shape index (κ1) is 25.9. The third-order valence-electron chi connectivity index (χ3n) is 11.1. The minimum Gasteiger partial charge on any atom is -0.462 e. The van der Waals surface area contributed by atoms with Gasteiger partial charge in [0.1, 0.15) is 6.10 Å². The van der Waals surface area contributed by atoms with Crippen molar-refractivity contribution in [3.8, 4) is 0 Å². The molecular formula is C30H48O4. The van der Waals surface area contributed by atoms with E-state index < -0.39 is 16.6 Å². The Morgan fingerprint density at radius 3 is 2.32 bits per heavy atom. The van der Waals surface area contributed by atoms with E-state index in [9.17, 15) is 15.0 Å². The van der Waals surface area contributed by atoms with Gasteiger partial charge in [0.15, 0.2) is 0 Å². The van der Waals surface area contributed by atoms with Gasteiger partial charge in [0.2, 0.25) is 0 Å². The molecule has 34 heavy (non-hydrogen) atoms. The van der Waals surface area contributed by atoms with Crippen LogP contribution in [0.2, 0.25) is 0 Å². The average molecular weight is 473 g/mol. The van der Waals surface area contributed by atoms with Crippen molar-refractivity contribution in [2.45, 2.75) is 111 Å². The standard InChI is InChI=1S/C30H48O4/c1-19(2)20(3)8-9-21(4)24-10-11-25-27(24,6)14-13-26-28(7)15-12-23(34-22(5)31)18-29(28,32)16-17-30(25,26)33/h8-9,16-17,19-21,23-26,32-33H,10-15,18H2,1-7H3/b9-8+/t20?,21?,23-,24?,25?,26?,27?,28?,29?,30?/m1/s1. The van der Waals surface area contributed by atoms with Crippen LogP contribution >= 0.6 is 0 Å². The molecular weight excluding hydrogens is 424 g/mol. The van der Waals surface area contributed by atoms with Crippen molar-refractivity contribution >= 4 is 5.97 Å². The van der Waals surface area contributed by atoms with Crippen LogP contribution in [0.1, 0.15) is 93.4 Å². The summed E-state index contributed by atoms with van der Waals surface area (Å²) in [5.41, 5.74) is -2.24. The van der Waals surface area contributed by atoms with Gasteiger partial charge >= 0.3 is 5.97 Å². The predicted molar refractivity (Wildman–Crippen MR) is 136 cm³/mol. The zero-order chi connectivity index (χ0) is 25.1. The van der Waals surface area contributed by atoms with Crippen molar-refractivity contribution in [3.05, 3.63) is 24.3 Å². The van der Waals surface area contributed by atoms with Crippen LogP contribution in [0.3, 0.4) is 0 Å². The van der Waals surface area contributed by atoms with Crippen molar-refractivity contribution in [2.24, 2.45) is 46.3 Å². The summed E-state index contributed by atoms with van der Waals surface area (Å²) in [6, 6.07) is 0. The zero-order valence-corrected chi connectivity index (χ0v) is 22.5. The Bertz CT molecular complexity index is 847. The first-order valence-electron chi connectivity index (χ1n) is 13.8. The maximum absolute atomic E-state index is 12.3. The number of ether oxygens (including phenoxy) is 1. The highest BCUT2D eigenvalue weighted by Gasteiger charge is 2.68. The van der Waals surface area contributed by atoms with Crippen LogP contribution < -0.4 is 0 Å². The fourth-order valence-corrected chi connectivity index (χ4v) is 8.64. The number of hydrogen-bond acceptors (Lipinski definition) is 4. The fraction of sp³-hybridized carbons (Fsp3) is 0.833. The van der Waals surface area contributed by atoms with Gasteiger partial charge in [0, 0.05) is 24.7 Å². The first-order valence-corrected chi connectivity index (χ1v) is 13.8. The number of hydrogen-bond donors (Lipinski definition) is 2. The molecule has 4 rings (SSSR count). The summed E-state index contributed by atoms with van der Waals surface area (Å²) in [7, 11) is 0. The summed E-state index contributed by atoms with van der Waals surface area (Å²) in [6.45, 7) is 15.3. The molecule has 0 saturated heterocycles. The number of aliphatic hydroxyl groups is 2. The Morgan fingerprint density at radius 1 is 0.971 bits per heavy atom. The molecule has 4 nitrogen and oxygen atoms in total. The summed E-state index contributed by atoms with van der Waals surface area (Å²) in [4.78, 5) is 11.5. The number of esters is 1. The minimum atomic E-state index is -1.04. The van der Waals surface area contributed by atoms with E-state index in [1.807, 2.05) is 12.2 Å². The molecule has 4 aliphatic rings. The quantitative estimate of drug-likeness (QED) is 0.377. The number of allylic oxidation sites excluding steroid dienone is 2. The lowest BCUT2D eigenvalue weighted by Crippen LogP contribution is -2.67. The predicted octanol–water partition coefficient (Wildman–Crippen LogP) is 6.07. The Labute approximate surface area is 207 Å². The van der Waals surface area contributed by atoms with Gasteiger partial charge in [-0.1, -0.05) is 65.8 Å². The molecule has 0 heterocycles. The number of rotatable bonds is 5. The molecule has 0 radical (unpaired) electrons. The highest BCUT2D eigenvalue weighted by atomic mass is 16.5. The van der Waals surface area contributed by atoms with E-state index in [1.165, 1.54) is 6.92 Å². The van der Waals surface area contributed by atoms with Gasteiger partial charge < -0.3 is 14.9 Å². The average Bonchev–Trinajstić information content (AvgIpc) is 3.11. The molecule has 0 aromatic rings. The lowest BCUT2D eigenvalue weighted by atomic mass is 9.43. The third kappa shape index (κ3) is 3.92. The molecule has 3 saturated carbocycles. The Morgan fingerprint density at radius 2 is 1.68 bits per heavy atom. The van der Waals surface area contributed by atoms with Gasteiger partial charge in [-0.25, -0.2) is 0 Å². The maximum atomic E-state index is 12.3. The smallest absolute Gasteiger partial charge is 0.302 e. The van der Waals surface area contributed by atoms with Gasteiger partial charge in [-0.15, -0.1) is 0 Å². The zero-order valence-electron chi connectivity index (χ0n) is 22.5. The SMILES string of the molecule is CC(=O)O[C@@H]1CCC2(C)C3CCC4(C)C(C(C)/C=C/C(C)C(C)C)CCC4C3(O)C=CC2(O)C1. The van der Waals surface area contributed by atoms with Crippen LogP contribution in [0.5, 0.6) is 0 Å². The minimum absolute atomic E-state index is 0.0249. The highest BCUT2D eigenvalue weighted by molar-refractivity contribution is 5.66. The second-order valence-corrected chi connectivity index (χ2v) is 13.2. The normalized spacial score (nSPS) is 47.7. The van der Waals surface area contributed by atoms with E-state index in [0.717, 1.165) is 38.5 Å². The molecule has 0 aromatic carbocycles. The first-order chi connectivity index (χ1) is 15.8. The summed E-state index contributed by atoms with van der Waals surface area (Å²) in [5.74, 6) is 2.24. The molecule has 9 unspecified atom stereocenters. The van der Waals surface area contributed by atoms with Crippen molar-refractivity contribution in [1.29, 1.82) is 0 Å². The molecule has 0 aromatic heterocycles. The van der Waals surface area contributed by atoms with Gasteiger partial charge in [-0.3, -0.25) is 4.79 Å². The van der Waals surface area contributed by atoms with E-state index in [1.54, 1.807) is 0 Å². The Balaban J connectivity index is 1.60. The maximum Gasteiger partial charge on any atom is 0.302 e. The molecule has 192 valence electrons.